The minimum Gasteiger partial charge on any atom is -0.469 e. The van der Waals surface area contributed by atoms with Gasteiger partial charge in [0.25, 0.3) is 0 Å². The highest BCUT2D eigenvalue weighted by molar-refractivity contribution is 5.93. The molecule has 406 valence electrons. The number of esters is 2. The first-order valence-corrected chi connectivity index (χ1v) is 29.8. The SMILES string of the molecule is CC1(C2CCCCC2)OC2C3(CCCC3)C(=O)OCC23C1C(=O)C(O)C1(C2CCCC(Cc4ccccc4)C2)C3CCC2(C)C(c3ccoc3CC(C(O)CO)C3CCC4C(C=CN5CNCC45)C3)OC(=O)C3OC321. The number of carbonyl (C=O) groups excluding carboxylic acids is 3. The number of rotatable bonds is 10. The number of aliphatic hydroxyl groups excluding tert-OH is 3. The molecule has 19 unspecified atom stereocenters. The zero-order valence-corrected chi connectivity index (χ0v) is 44.4. The number of Topliss-reactive ketones (excluding diaryl/α,β-unsaturated/α-hetero) is 1. The number of ether oxygens (including phenoxy) is 4. The summed E-state index contributed by atoms with van der Waals surface area (Å²) in [5.41, 5.74) is -4.30. The molecule has 2 aromatic rings. The van der Waals surface area contributed by atoms with E-state index in [0.29, 0.717) is 55.7 Å². The van der Waals surface area contributed by atoms with E-state index in [1.165, 1.54) is 5.56 Å². The van der Waals surface area contributed by atoms with E-state index in [-0.39, 0.29) is 60.5 Å². The number of benzene rings is 1. The quantitative estimate of drug-likeness (QED) is 0.132. The van der Waals surface area contributed by atoms with Crippen LogP contribution >= 0.6 is 0 Å². The van der Waals surface area contributed by atoms with E-state index in [4.69, 9.17) is 23.4 Å². The molecule has 5 saturated heterocycles. The van der Waals surface area contributed by atoms with Crippen molar-refractivity contribution in [1.82, 2.24) is 10.2 Å². The van der Waals surface area contributed by atoms with Gasteiger partial charge in [-0.3, -0.25) is 14.9 Å². The summed E-state index contributed by atoms with van der Waals surface area (Å²) in [5, 5.41) is 40.1. The molecule has 1 aromatic carbocycles. The zero-order chi connectivity index (χ0) is 51.3. The summed E-state index contributed by atoms with van der Waals surface area (Å²) in [5.74, 6) is -0.493. The molecule has 0 radical (unpaired) electrons. The third kappa shape index (κ3) is 6.72. The number of allylic oxidation sites excluding steroid dienone is 1. The average molecular weight is 1030 g/mol. The van der Waals surface area contributed by atoms with Crippen molar-refractivity contribution in [2.24, 2.45) is 74.9 Å². The second kappa shape index (κ2) is 18.0. The lowest BCUT2D eigenvalue weighted by Crippen LogP contribution is -2.80. The smallest absolute Gasteiger partial charge is 0.339 e. The van der Waals surface area contributed by atoms with Gasteiger partial charge in [0.2, 0.25) is 0 Å². The van der Waals surface area contributed by atoms with Crippen LogP contribution in [-0.4, -0.2) is 106 Å². The summed E-state index contributed by atoms with van der Waals surface area (Å²) in [4.78, 5) is 49.0. The molecule has 11 fully saturated rings. The Labute approximate surface area is 442 Å². The lowest BCUT2D eigenvalue weighted by molar-refractivity contribution is -0.285. The van der Waals surface area contributed by atoms with Crippen molar-refractivity contribution >= 4 is 17.7 Å². The van der Waals surface area contributed by atoms with E-state index in [9.17, 15) is 20.1 Å². The molecule has 6 aliphatic carbocycles. The van der Waals surface area contributed by atoms with Gasteiger partial charge in [0, 0.05) is 40.8 Å². The van der Waals surface area contributed by atoms with E-state index in [0.717, 1.165) is 115 Å². The number of cyclic esters (lactones) is 2. The maximum absolute atomic E-state index is 16.7. The predicted molar refractivity (Wildman–Crippen MR) is 275 cm³/mol. The molecule has 6 saturated carbocycles. The Morgan fingerprint density at radius 2 is 1.65 bits per heavy atom. The van der Waals surface area contributed by atoms with E-state index in [1.54, 1.807) is 6.26 Å². The third-order valence-electron chi connectivity index (χ3n) is 24.2. The molecule has 4 N–H and O–H groups in total. The number of epoxide rings is 1. The molecule has 13 nitrogen and oxygen atoms in total. The zero-order valence-electron chi connectivity index (χ0n) is 44.4. The minimum absolute atomic E-state index is 0.0520. The number of aliphatic hydroxyl groups is 3. The number of fused-ring (bicyclic) bond motifs is 5. The lowest BCUT2D eigenvalue weighted by Gasteiger charge is -2.71. The molecule has 6 aliphatic heterocycles. The number of nitrogens with one attached hydrogen (secondary N) is 1. The van der Waals surface area contributed by atoms with Crippen LogP contribution in [0.2, 0.25) is 0 Å². The fourth-order valence-electron chi connectivity index (χ4n) is 21.2. The molecular formula is C62H82N2O11. The number of hydrogen-bond donors (Lipinski definition) is 4. The Morgan fingerprint density at radius 1 is 0.853 bits per heavy atom. The topological polar surface area (TPSA) is 181 Å². The third-order valence-corrected chi connectivity index (χ3v) is 24.2. The van der Waals surface area contributed by atoms with E-state index < -0.39 is 75.3 Å². The normalized spacial score (nSPS) is 46.3. The number of furan rings is 1. The van der Waals surface area contributed by atoms with Gasteiger partial charge >= 0.3 is 11.9 Å². The van der Waals surface area contributed by atoms with Gasteiger partial charge in [0.15, 0.2) is 11.9 Å². The average Bonchev–Trinajstić information content (AvgIpc) is 3.06. The van der Waals surface area contributed by atoms with Gasteiger partial charge in [0.1, 0.15) is 30.2 Å². The van der Waals surface area contributed by atoms with Gasteiger partial charge in [-0.1, -0.05) is 88.3 Å². The van der Waals surface area contributed by atoms with E-state index in [1.807, 2.05) is 6.07 Å². The van der Waals surface area contributed by atoms with Crippen molar-refractivity contribution in [2.45, 2.75) is 190 Å². The molecular weight excluding hydrogens is 949 g/mol. The Bertz CT molecular complexity index is 2570. The van der Waals surface area contributed by atoms with E-state index >= 15 is 9.59 Å². The van der Waals surface area contributed by atoms with Crippen LogP contribution in [0.4, 0.5) is 0 Å². The van der Waals surface area contributed by atoms with Crippen LogP contribution < -0.4 is 5.32 Å². The van der Waals surface area contributed by atoms with Gasteiger partial charge in [-0.15, -0.1) is 0 Å². The molecule has 3 spiro atoms. The summed E-state index contributed by atoms with van der Waals surface area (Å²) in [7, 11) is 0. The van der Waals surface area contributed by atoms with Gasteiger partial charge in [-0.2, -0.15) is 0 Å². The predicted octanol–water partition coefficient (Wildman–Crippen LogP) is 8.17. The van der Waals surface area contributed by atoms with Crippen LogP contribution in [0.15, 0.2) is 59.4 Å². The highest BCUT2D eigenvalue weighted by Gasteiger charge is 2.94. The summed E-state index contributed by atoms with van der Waals surface area (Å²) in [6.45, 7) is 5.88. The maximum Gasteiger partial charge on any atom is 0.339 e. The summed E-state index contributed by atoms with van der Waals surface area (Å²) >= 11 is 0. The highest BCUT2D eigenvalue weighted by atomic mass is 16.7. The van der Waals surface area contributed by atoms with E-state index in [2.05, 4.69) is 66.7 Å². The first-order chi connectivity index (χ1) is 36.4. The van der Waals surface area contributed by atoms with Gasteiger partial charge < -0.3 is 43.6 Å². The lowest BCUT2D eigenvalue weighted by atomic mass is 9.32. The molecule has 14 rings (SSSR count). The largest absolute Gasteiger partial charge is 0.469 e. The van der Waals surface area contributed by atoms with Crippen molar-refractivity contribution in [1.29, 1.82) is 0 Å². The first kappa shape index (κ1) is 49.7. The molecule has 0 amide bonds. The van der Waals surface area contributed by atoms with Crippen LogP contribution in [0.5, 0.6) is 0 Å². The van der Waals surface area contributed by atoms with Crippen LogP contribution in [0, 0.1) is 74.9 Å². The number of carbonyl (C=O) groups is 3. The van der Waals surface area contributed by atoms with Crippen LogP contribution in [-0.2, 0) is 46.2 Å². The summed E-state index contributed by atoms with van der Waals surface area (Å²) in [6.07, 6.45) is 18.2. The van der Waals surface area contributed by atoms with Gasteiger partial charge in [0.05, 0.1) is 48.7 Å². The van der Waals surface area contributed by atoms with Gasteiger partial charge in [-0.05, 0) is 149 Å². The van der Waals surface area contributed by atoms with Crippen molar-refractivity contribution in [3.63, 3.8) is 0 Å². The minimum atomic E-state index is -1.47. The van der Waals surface area contributed by atoms with Crippen LogP contribution in [0.1, 0.15) is 152 Å². The highest BCUT2D eigenvalue weighted by Crippen LogP contribution is 2.84. The molecule has 12 aliphatic rings. The molecule has 75 heavy (non-hydrogen) atoms. The maximum atomic E-state index is 16.7. The summed E-state index contributed by atoms with van der Waals surface area (Å²) < 4.78 is 35.1. The fraction of sp³-hybridized carbons (Fsp3) is 0.758. The van der Waals surface area contributed by atoms with Crippen LogP contribution in [0.3, 0.4) is 0 Å². The Hall–Kier alpha value is -3.59. The number of ketones is 1. The van der Waals surface area contributed by atoms with Crippen molar-refractivity contribution in [3.05, 3.63) is 71.8 Å². The molecule has 19 atom stereocenters. The molecule has 0 bridgehead atoms. The molecule has 1 aromatic heterocycles. The second-order valence-electron chi connectivity index (χ2n) is 27.1. The van der Waals surface area contributed by atoms with Crippen molar-refractivity contribution in [2.75, 3.05) is 26.4 Å². The second-order valence-corrected chi connectivity index (χ2v) is 27.1. The first-order valence-electron chi connectivity index (χ1n) is 29.8. The molecule has 7 heterocycles. The summed E-state index contributed by atoms with van der Waals surface area (Å²) in [6, 6.07) is 13.0. The number of nitrogens with zero attached hydrogens (tertiary/aromatic N) is 1. The number of hydrogen-bond acceptors (Lipinski definition) is 13. The van der Waals surface area contributed by atoms with Crippen molar-refractivity contribution in [3.8, 4) is 0 Å². The van der Waals surface area contributed by atoms with Crippen molar-refractivity contribution < 1.29 is 53.1 Å². The Balaban J connectivity index is 0.891. The van der Waals surface area contributed by atoms with Crippen LogP contribution in [0.25, 0.3) is 0 Å². The monoisotopic (exact) mass is 1030 g/mol. The Morgan fingerprint density at radius 3 is 2.45 bits per heavy atom. The Kier molecular flexibility index (Phi) is 11.9. The standard InChI is InChI=1S/C62H82N2O11/c1-57-25-20-48-60-34-72-56(70)59(23-9-10-24-59)55(60)75-58(2,40-15-7-4-8-16-40)50(60)49(67)51(68)61(48,41-17-11-14-37(29-41)28-36-12-5-3-6-13-36)62(57)53(74-62)54(69)73-52(57)43-22-27-71-47(43)31-44(46(66)33-65)38-18-19-42-39(30-38)21-26-64-35-63-32-45(42)64/h3,5-6,12-13,21-22,26-27,37-42,44-46,48,50-53,55,63,65-66,68H,4,7-11,14-20,23-25,28-35H2,1-2H3. The fourth-order valence-corrected chi connectivity index (χ4v) is 21.2. The molecule has 13 heteroatoms. The van der Waals surface area contributed by atoms with Gasteiger partial charge in [-0.25, -0.2) is 4.79 Å².